The molecule has 0 aromatic heterocycles. The third-order valence-electron chi connectivity index (χ3n) is 3.63. The molecule has 0 spiro atoms. The normalized spacial score (nSPS) is 12.8. The van der Waals surface area contributed by atoms with Gasteiger partial charge in [-0.1, -0.05) is 6.07 Å². The lowest BCUT2D eigenvalue weighted by atomic mass is 10.1. The summed E-state index contributed by atoms with van der Waals surface area (Å²) in [7, 11) is 0. The van der Waals surface area contributed by atoms with Crippen LogP contribution >= 0.6 is 0 Å². The number of rotatable bonds is 4. The molecule has 0 unspecified atom stereocenters. The summed E-state index contributed by atoms with van der Waals surface area (Å²) in [5.41, 5.74) is 3.28. The van der Waals surface area contributed by atoms with Crippen LogP contribution in [0.2, 0.25) is 0 Å². The van der Waals surface area contributed by atoms with Crippen LogP contribution in [-0.4, -0.2) is 12.5 Å². The maximum absolute atomic E-state index is 13.4. The fraction of sp³-hybridized carbons (Fsp3) is 0.235. The number of ether oxygens (including phenoxy) is 1. The van der Waals surface area contributed by atoms with Crippen molar-refractivity contribution in [3.63, 3.8) is 0 Å². The predicted molar refractivity (Wildman–Crippen MR) is 78.9 cm³/mol. The van der Waals surface area contributed by atoms with E-state index in [0.717, 1.165) is 31.4 Å². The summed E-state index contributed by atoms with van der Waals surface area (Å²) in [5, 5.41) is 2.71. The number of fused-ring (bicyclic) bond motifs is 1. The molecule has 114 valence electrons. The second-order valence-electron chi connectivity index (χ2n) is 5.25. The summed E-state index contributed by atoms with van der Waals surface area (Å²) in [6, 6.07) is 8.77. The number of hydrogen-bond donors (Lipinski definition) is 1. The lowest BCUT2D eigenvalue weighted by Crippen LogP contribution is -2.20. The van der Waals surface area contributed by atoms with Gasteiger partial charge in [0.25, 0.3) is 5.91 Å². The van der Waals surface area contributed by atoms with Crippen LogP contribution in [0.1, 0.15) is 17.5 Å². The molecule has 1 aliphatic carbocycles. The van der Waals surface area contributed by atoms with E-state index in [1.165, 1.54) is 11.1 Å². The van der Waals surface area contributed by atoms with Gasteiger partial charge in [0, 0.05) is 11.8 Å². The molecule has 22 heavy (non-hydrogen) atoms. The Morgan fingerprint density at radius 2 is 1.91 bits per heavy atom. The molecule has 0 saturated heterocycles. The minimum Gasteiger partial charge on any atom is -0.481 e. The number of nitrogens with one attached hydrogen (secondary N) is 1. The van der Waals surface area contributed by atoms with Crippen molar-refractivity contribution in [3.05, 3.63) is 59.2 Å². The van der Waals surface area contributed by atoms with Gasteiger partial charge in [-0.3, -0.25) is 4.79 Å². The second kappa shape index (κ2) is 6.13. The van der Waals surface area contributed by atoms with Crippen molar-refractivity contribution in [2.75, 3.05) is 11.9 Å². The molecule has 5 heteroatoms. The molecule has 3 nitrogen and oxygen atoms in total. The maximum Gasteiger partial charge on any atom is 0.262 e. The zero-order chi connectivity index (χ0) is 15.5. The molecule has 0 fully saturated rings. The third kappa shape index (κ3) is 3.24. The molecule has 2 aromatic rings. The van der Waals surface area contributed by atoms with Gasteiger partial charge in [-0.05, 0) is 54.7 Å². The molecule has 0 bridgehead atoms. The number of hydrogen-bond acceptors (Lipinski definition) is 2. The summed E-state index contributed by atoms with van der Waals surface area (Å²) >= 11 is 0. The van der Waals surface area contributed by atoms with Gasteiger partial charge < -0.3 is 10.1 Å². The van der Waals surface area contributed by atoms with Crippen molar-refractivity contribution in [3.8, 4) is 5.75 Å². The number of amides is 1. The molecule has 0 aliphatic heterocycles. The summed E-state index contributed by atoms with van der Waals surface area (Å²) in [5.74, 6) is -2.05. The molecule has 0 saturated carbocycles. The highest BCUT2D eigenvalue weighted by atomic mass is 19.1. The van der Waals surface area contributed by atoms with E-state index >= 15 is 0 Å². The molecule has 0 atom stereocenters. The SMILES string of the molecule is O=C(COc1ccc(F)cc1F)Nc1ccc2c(c1)CCC2. The molecule has 0 heterocycles. The minimum absolute atomic E-state index is 0.148. The van der Waals surface area contributed by atoms with Gasteiger partial charge in [-0.25, -0.2) is 8.78 Å². The first kappa shape index (κ1) is 14.5. The Kier molecular flexibility index (Phi) is 4.04. The van der Waals surface area contributed by atoms with Crippen LogP contribution in [0.4, 0.5) is 14.5 Å². The van der Waals surface area contributed by atoms with Crippen molar-refractivity contribution in [2.45, 2.75) is 19.3 Å². The van der Waals surface area contributed by atoms with Crippen LogP contribution in [0.25, 0.3) is 0 Å². The summed E-state index contributed by atoms with van der Waals surface area (Å²) in [6.07, 6.45) is 3.24. The molecular weight excluding hydrogens is 288 g/mol. The first-order valence-corrected chi connectivity index (χ1v) is 7.11. The van der Waals surface area contributed by atoms with Gasteiger partial charge >= 0.3 is 0 Å². The molecule has 1 amide bonds. The monoisotopic (exact) mass is 303 g/mol. The van der Waals surface area contributed by atoms with E-state index in [0.29, 0.717) is 11.8 Å². The van der Waals surface area contributed by atoms with Crippen LogP contribution in [-0.2, 0) is 17.6 Å². The van der Waals surface area contributed by atoms with Crippen LogP contribution in [0.3, 0.4) is 0 Å². The fourth-order valence-electron chi connectivity index (χ4n) is 2.58. The largest absolute Gasteiger partial charge is 0.481 e. The highest BCUT2D eigenvalue weighted by Gasteiger charge is 2.12. The Balaban J connectivity index is 1.58. The van der Waals surface area contributed by atoms with Crippen molar-refractivity contribution >= 4 is 11.6 Å². The van der Waals surface area contributed by atoms with Gasteiger partial charge in [0.2, 0.25) is 0 Å². The number of aryl methyl sites for hydroxylation is 2. The number of carbonyl (C=O) groups is 1. The lowest BCUT2D eigenvalue weighted by Gasteiger charge is -2.09. The van der Waals surface area contributed by atoms with E-state index in [9.17, 15) is 13.6 Å². The molecule has 1 N–H and O–H groups in total. The van der Waals surface area contributed by atoms with Gasteiger partial charge in [0.05, 0.1) is 0 Å². The second-order valence-corrected chi connectivity index (χ2v) is 5.25. The van der Waals surface area contributed by atoms with E-state index < -0.39 is 11.6 Å². The van der Waals surface area contributed by atoms with E-state index in [2.05, 4.69) is 5.32 Å². The smallest absolute Gasteiger partial charge is 0.262 e. The lowest BCUT2D eigenvalue weighted by molar-refractivity contribution is -0.118. The number of anilines is 1. The van der Waals surface area contributed by atoms with Crippen molar-refractivity contribution < 1.29 is 18.3 Å². The molecular formula is C17H15F2NO2. The third-order valence-corrected chi connectivity index (χ3v) is 3.63. The summed E-state index contributed by atoms with van der Waals surface area (Å²) in [4.78, 5) is 11.8. The predicted octanol–water partition coefficient (Wildman–Crippen LogP) is 3.47. The Morgan fingerprint density at radius 1 is 1.09 bits per heavy atom. The molecule has 2 aromatic carbocycles. The molecule has 0 radical (unpaired) electrons. The van der Waals surface area contributed by atoms with Crippen molar-refractivity contribution in [2.24, 2.45) is 0 Å². The molecule has 3 rings (SSSR count). The highest BCUT2D eigenvalue weighted by molar-refractivity contribution is 5.92. The standard InChI is InChI=1S/C17H15F2NO2/c18-13-5-7-16(15(19)9-13)22-10-17(21)20-14-6-4-11-2-1-3-12(11)8-14/h4-9H,1-3,10H2,(H,20,21). The Labute approximate surface area is 126 Å². The van der Waals surface area contributed by atoms with Crippen LogP contribution in [0.5, 0.6) is 5.75 Å². The van der Waals surface area contributed by atoms with Gasteiger partial charge in [-0.2, -0.15) is 0 Å². The van der Waals surface area contributed by atoms with E-state index in [4.69, 9.17) is 4.74 Å². The van der Waals surface area contributed by atoms with Gasteiger partial charge in [0.1, 0.15) is 5.82 Å². The zero-order valence-corrected chi connectivity index (χ0v) is 11.9. The van der Waals surface area contributed by atoms with Crippen molar-refractivity contribution in [1.82, 2.24) is 0 Å². The maximum atomic E-state index is 13.4. The Hall–Kier alpha value is -2.43. The average molecular weight is 303 g/mol. The first-order valence-electron chi connectivity index (χ1n) is 7.11. The molecule has 1 aliphatic rings. The average Bonchev–Trinajstić information content (AvgIpc) is 2.94. The Morgan fingerprint density at radius 3 is 2.73 bits per heavy atom. The van der Waals surface area contributed by atoms with E-state index in [1.807, 2.05) is 18.2 Å². The quantitative estimate of drug-likeness (QED) is 0.939. The fourth-order valence-corrected chi connectivity index (χ4v) is 2.58. The Bertz CT molecular complexity index is 716. The van der Waals surface area contributed by atoms with Crippen LogP contribution in [0, 0.1) is 11.6 Å². The number of benzene rings is 2. The summed E-state index contributed by atoms with van der Waals surface area (Å²) in [6.45, 7) is -0.334. The van der Waals surface area contributed by atoms with Gasteiger partial charge in [-0.15, -0.1) is 0 Å². The first-order chi connectivity index (χ1) is 10.6. The number of halogens is 2. The van der Waals surface area contributed by atoms with E-state index in [1.54, 1.807) is 0 Å². The topological polar surface area (TPSA) is 38.3 Å². The highest BCUT2D eigenvalue weighted by Crippen LogP contribution is 2.25. The van der Waals surface area contributed by atoms with Crippen LogP contribution in [0.15, 0.2) is 36.4 Å². The summed E-state index contributed by atoms with van der Waals surface area (Å²) < 4.78 is 31.2. The number of carbonyl (C=O) groups excluding carboxylic acids is 1. The van der Waals surface area contributed by atoms with Crippen LogP contribution < -0.4 is 10.1 Å². The minimum atomic E-state index is -0.828. The van der Waals surface area contributed by atoms with Crippen molar-refractivity contribution in [1.29, 1.82) is 0 Å². The zero-order valence-electron chi connectivity index (χ0n) is 11.9. The van der Waals surface area contributed by atoms with E-state index in [-0.39, 0.29) is 18.3 Å². The van der Waals surface area contributed by atoms with Gasteiger partial charge in [0.15, 0.2) is 18.2 Å².